The Bertz CT molecular complexity index is 76.8. The van der Waals surface area contributed by atoms with Crippen molar-refractivity contribution in [2.45, 2.75) is 27.7 Å². The molecule has 0 aliphatic rings. The van der Waals surface area contributed by atoms with Crippen molar-refractivity contribution in [2.24, 2.45) is 0 Å². The van der Waals surface area contributed by atoms with Gasteiger partial charge in [0.15, 0.2) is 0 Å². The van der Waals surface area contributed by atoms with Crippen molar-refractivity contribution in [3.63, 3.8) is 0 Å². The molecule has 0 bridgehead atoms. The zero-order valence-electron chi connectivity index (χ0n) is 8.09. The fourth-order valence-corrected chi connectivity index (χ4v) is 0.342. The summed E-state index contributed by atoms with van der Waals surface area (Å²) < 4.78 is 0. The van der Waals surface area contributed by atoms with E-state index in [9.17, 15) is 0 Å². The van der Waals surface area contributed by atoms with Crippen molar-refractivity contribution in [1.82, 2.24) is 0 Å². The molecule has 1 rings (SSSR count). The van der Waals surface area contributed by atoms with Crippen molar-refractivity contribution < 1.29 is 0 Å². The Labute approximate surface area is 64.9 Å². The first-order chi connectivity index (χ1) is 5.00. The largest absolute Gasteiger partial charge is 0.184 e. The van der Waals surface area contributed by atoms with Gasteiger partial charge in [-0.2, -0.15) is 36.4 Å². The molecule has 11 heavy (non-hydrogen) atoms. The molecular weight excluding hydrogens is 387 g/mol. The van der Waals surface area contributed by atoms with Gasteiger partial charge in [-0.05, 0) is 0 Å². The van der Waals surface area contributed by atoms with Crippen LogP contribution in [0.15, 0.2) is 30.3 Å². The number of rotatable bonds is 0. The SMILES string of the molecule is CC.CC.[Rf].[c-]1ccccc1. The molecule has 0 atom stereocenters. The van der Waals surface area contributed by atoms with E-state index in [2.05, 4.69) is 6.07 Å². The number of hydrogen-bond acceptors (Lipinski definition) is 0. The average molecular weight is 404 g/mol. The minimum atomic E-state index is 0. The zero-order valence-corrected chi connectivity index (χ0v) is 14.5. The zero-order chi connectivity index (χ0) is 8.24. The monoisotopic (exact) mass is 404 g/mol. The molecule has 1 heteroatoms. The van der Waals surface area contributed by atoms with Gasteiger partial charge < -0.3 is 0 Å². The maximum absolute atomic E-state index is 2.89. The van der Waals surface area contributed by atoms with E-state index in [1.807, 2.05) is 58.0 Å². The third-order valence-electron chi connectivity index (χ3n) is 0.607. The van der Waals surface area contributed by atoms with Crippen LogP contribution >= 0.6 is 0 Å². The molecule has 0 heterocycles. The van der Waals surface area contributed by atoms with Gasteiger partial charge in [-0.25, -0.2) is 0 Å². The summed E-state index contributed by atoms with van der Waals surface area (Å²) in [5.41, 5.74) is 0. The minimum Gasteiger partial charge on any atom is -0.184 e. The predicted octanol–water partition coefficient (Wildman–Crippen LogP) is 3.54. The summed E-state index contributed by atoms with van der Waals surface area (Å²) in [5.74, 6) is 0. The van der Waals surface area contributed by atoms with E-state index in [1.54, 1.807) is 0 Å². The van der Waals surface area contributed by atoms with Gasteiger partial charge in [0.25, 0.3) is 0 Å². The smallest absolute Gasteiger partial charge is 0 e. The van der Waals surface area contributed by atoms with Gasteiger partial charge in [-0.15, -0.1) is 0 Å². The molecule has 60 valence electrons. The predicted molar refractivity (Wildman–Crippen MR) is 48.0 cm³/mol. The maximum atomic E-state index is 2.89. The molecular formula is C10H17Rf-. The summed E-state index contributed by atoms with van der Waals surface area (Å²) in [4.78, 5) is 0. The van der Waals surface area contributed by atoms with Crippen LogP contribution in [0.5, 0.6) is 0 Å². The van der Waals surface area contributed by atoms with Gasteiger partial charge >= 0.3 is 0 Å². The summed E-state index contributed by atoms with van der Waals surface area (Å²) in [5, 5.41) is 0. The van der Waals surface area contributed by atoms with Crippen LogP contribution in [0.2, 0.25) is 0 Å². The number of benzene rings is 1. The molecule has 0 nitrogen and oxygen atoms in total. The summed E-state index contributed by atoms with van der Waals surface area (Å²) in [6.07, 6.45) is 0. The third-order valence-corrected chi connectivity index (χ3v) is 0.607. The second-order valence-corrected chi connectivity index (χ2v) is 1.08. The van der Waals surface area contributed by atoms with Crippen LogP contribution in [0, 0.1) is 6.07 Å². The fourth-order valence-electron chi connectivity index (χ4n) is 0.342. The van der Waals surface area contributed by atoms with E-state index in [4.69, 9.17) is 0 Å². The van der Waals surface area contributed by atoms with Gasteiger partial charge in [-0.3, -0.25) is 0 Å². The fraction of sp³-hybridized carbons (Fsp3) is 0.400. The summed E-state index contributed by atoms with van der Waals surface area (Å²) in [6, 6.07) is 12.5. The summed E-state index contributed by atoms with van der Waals surface area (Å²) in [7, 11) is 0. The molecule has 0 aromatic heterocycles. The first kappa shape index (κ1) is 16.1. The number of hydrogen-bond donors (Lipinski definition) is 0. The van der Waals surface area contributed by atoms with Gasteiger partial charge in [-0.1, -0.05) is 27.7 Å². The molecule has 0 amide bonds. The van der Waals surface area contributed by atoms with E-state index in [0.29, 0.717) is 0 Å². The van der Waals surface area contributed by atoms with Crippen LogP contribution in [-0.4, -0.2) is 0 Å². The third kappa shape index (κ3) is 17.9. The van der Waals surface area contributed by atoms with E-state index in [-0.39, 0.29) is 0 Å². The van der Waals surface area contributed by atoms with Crippen molar-refractivity contribution in [3.8, 4) is 0 Å². The summed E-state index contributed by atoms with van der Waals surface area (Å²) >= 11 is 0. The standard InChI is InChI=1S/C6H5.2C2H6.Rf/c1-2-4-6-5-3-1;2*1-2;/h1-5H;2*1-2H3;/q-1;;;. The second-order valence-electron chi connectivity index (χ2n) is 1.08. The van der Waals surface area contributed by atoms with Crippen LogP contribution < -0.4 is 0 Å². The normalized spacial score (nSPS) is 5.45. The van der Waals surface area contributed by atoms with Crippen molar-refractivity contribution in [3.05, 3.63) is 36.4 Å². The maximum Gasteiger partial charge on any atom is 0 e. The molecule has 1 aromatic carbocycles. The van der Waals surface area contributed by atoms with E-state index >= 15 is 0 Å². The molecule has 0 spiro atoms. The van der Waals surface area contributed by atoms with E-state index in [0.717, 1.165) is 0 Å². The quantitative estimate of drug-likeness (QED) is 0.581. The first-order valence-electron chi connectivity index (χ1n) is 3.91. The Morgan fingerprint density at radius 2 is 1.09 bits per heavy atom. The molecule has 0 aliphatic heterocycles. The van der Waals surface area contributed by atoms with Crippen LogP contribution in [0.1, 0.15) is 27.7 Å². The summed E-state index contributed by atoms with van der Waals surface area (Å²) in [6.45, 7) is 8.00. The van der Waals surface area contributed by atoms with Crippen molar-refractivity contribution >= 4 is 0 Å². The van der Waals surface area contributed by atoms with Gasteiger partial charge in [0.05, 0.1) is 0 Å². The van der Waals surface area contributed by atoms with Gasteiger partial charge in [0.2, 0.25) is 0 Å². The molecule has 0 unspecified atom stereocenters. The Hall–Kier alpha value is -1.78. The van der Waals surface area contributed by atoms with E-state index < -0.39 is 0 Å². The average Bonchev–Trinajstić information content (AvgIpc) is 2.14. The van der Waals surface area contributed by atoms with Gasteiger partial charge in [0.1, 0.15) is 0 Å². The van der Waals surface area contributed by atoms with E-state index in [1.165, 1.54) is 0 Å². The minimum absolute atomic E-state index is 0. The topological polar surface area (TPSA) is 0 Å². The molecule has 0 fully saturated rings. The van der Waals surface area contributed by atoms with Crippen molar-refractivity contribution in [1.29, 1.82) is 0 Å². The van der Waals surface area contributed by atoms with Crippen LogP contribution in [0.4, 0.5) is 0 Å². The first-order valence-corrected chi connectivity index (χ1v) is 3.91. The molecule has 0 aliphatic carbocycles. The van der Waals surface area contributed by atoms with Crippen LogP contribution in [-0.2, 0) is 0 Å². The molecule has 1 aromatic rings. The second kappa shape index (κ2) is 24.1. The molecule has 0 saturated heterocycles. The Morgan fingerprint density at radius 3 is 1.18 bits per heavy atom. The molecule has 0 radical (unpaired) electrons. The van der Waals surface area contributed by atoms with Crippen molar-refractivity contribution in [2.75, 3.05) is 0 Å². The molecule has 0 saturated carbocycles. The van der Waals surface area contributed by atoms with Crippen LogP contribution in [0.3, 0.4) is 0 Å². The Balaban J connectivity index is -0.000000114. The van der Waals surface area contributed by atoms with Gasteiger partial charge in [0, 0.05) is 0 Å². The molecule has 0 N–H and O–H groups in total. The Kier molecular flexibility index (Phi) is 35.2. The van der Waals surface area contributed by atoms with Crippen LogP contribution in [0.25, 0.3) is 0 Å². The Morgan fingerprint density at radius 1 is 0.727 bits per heavy atom.